The molecule has 1 heterocycles. The summed E-state index contributed by atoms with van der Waals surface area (Å²) >= 11 is 0. The van der Waals surface area contributed by atoms with Gasteiger partial charge in [-0.15, -0.1) is 0 Å². The van der Waals surface area contributed by atoms with Gasteiger partial charge in [0.15, 0.2) is 0 Å². The van der Waals surface area contributed by atoms with Crippen LogP contribution in [0.5, 0.6) is 0 Å². The van der Waals surface area contributed by atoms with E-state index in [0.29, 0.717) is 18.5 Å². The molecule has 2 N–H and O–H groups in total. The van der Waals surface area contributed by atoms with E-state index in [4.69, 9.17) is 5.11 Å². The van der Waals surface area contributed by atoms with E-state index in [1.165, 1.54) is 25.7 Å². The first-order valence-corrected chi connectivity index (χ1v) is 8.38. The fourth-order valence-electron chi connectivity index (χ4n) is 3.82. The fraction of sp³-hybridized carbons (Fsp3) is 0.875. The summed E-state index contributed by atoms with van der Waals surface area (Å²) in [6.07, 6.45) is 8.16. The summed E-state index contributed by atoms with van der Waals surface area (Å²) in [5.41, 5.74) is 0. The number of carboxylic acid groups (broad SMARTS) is 1. The molecule has 1 aliphatic carbocycles. The van der Waals surface area contributed by atoms with Crippen molar-refractivity contribution in [1.29, 1.82) is 0 Å². The van der Waals surface area contributed by atoms with E-state index in [9.17, 15) is 9.59 Å². The smallest absolute Gasteiger partial charge is 0.317 e. The number of carbonyl (C=O) groups is 2. The Bertz CT molecular complexity index is 371. The van der Waals surface area contributed by atoms with Crippen LogP contribution in [-0.4, -0.2) is 41.1 Å². The average Bonchev–Trinajstić information content (AvgIpc) is 2.50. The van der Waals surface area contributed by atoms with Crippen LogP contribution in [0.1, 0.15) is 58.3 Å². The highest BCUT2D eigenvalue weighted by atomic mass is 16.4. The zero-order valence-electron chi connectivity index (χ0n) is 13.0. The number of urea groups is 1. The Morgan fingerprint density at radius 3 is 2.67 bits per heavy atom. The first kappa shape index (κ1) is 16.1. The van der Waals surface area contributed by atoms with Gasteiger partial charge in [-0.2, -0.15) is 0 Å². The van der Waals surface area contributed by atoms with Crippen molar-refractivity contribution in [3.8, 4) is 0 Å². The third kappa shape index (κ3) is 4.35. The van der Waals surface area contributed by atoms with E-state index in [-0.39, 0.29) is 18.4 Å². The first-order chi connectivity index (χ1) is 10.1. The van der Waals surface area contributed by atoms with Crippen LogP contribution in [0.2, 0.25) is 0 Å². The first-order valence-electron chi connectivity index (χ1n) is 8.38. The Morgan fingerprint density at radius 1 is 1.24 bits per heavy atom. The number of hydrogen-bond acceptors (Lipinski definition) is 2. The van der Waals surface area contributed by atoms with Gasteiger partial charge in [0.05, 0.1) is 0 Å². The topological polar surface area (TPSA) is 69.6 Å². The number of carbonyl (C=O) groups excluding carboxylic acids is 1. The molecular formula is C16H28N2O3. The molecule has 0 aromatic carbocycles. The van der Waals surface area contributed by atoms with Crippen molar-refractivity contribution < 1.29 is 14.7 Å². The number of amides is 2. The molecule has 0 spiro atoms. The lowest BCUT2D eigenvalue weighted by atomic mass is 9.78. The number of carboxylic acids is 1. The van der Waals surface area contributed by atoms with Crippen LogP contribution in [0.25, 0.3) is 0 Å². The summed E-state index contributed by atoms with van der Waals surface area (Å²) in [5, 5.41) is 11.8. The van der Waals surface area contributed by atoms with Crippen molar-refractivity contribution in [2.75, 3.05) is 13.1 Å². The van der Waals surface area contributed by atoms with Crippen LogP contribution in [-0.2, 0) is 4.79 Å². The molecule has 2 amide bonds. The number of rotatable bonds is 5. The predicted molar refractivity (Wildman–Crippen MR) is 81.1 cm³/mol. The Hall–Kier alpha value is -1.26. The minimum Gasteiger partial charge on any atom is -0.481 e. The molecule has 2 fully saturated rings. The summed E-state index contributed by atoms with van der Waals surface area (Å²) < 4.78 is 0. The monoisotopic (exact) mass is 296 g/mol. The maximum Gasteiger partial charge on any atom is 0.317 e. The van der Waals surface area contributed by atoms with Crippen molar-refractivity contribution in [2.45, 2.75) is 64.3 Å². The molecule has 2 aliphatic rings. The highest BCUT2D eigenvalue weighted by molar-refractivity contribution is 5.75. The summed E-state index contributed by atoms with van der Waals surface area (Å²) in [6, 6.07) is 0.419. The molecule has 5 nitrogen and oxygen atoms in total. The Morgan fingerprint density at radius 2 is 1.95 bits per heavy atom. The molecule has 21 heavy (non-hydrogen) atoms. The van der Waals surface area contributed by atoms with Crippen LogP contribution >= 0.6 is 0 Å². The van der Waals surface area contributed by atoms with Crippen LogP contribution in [0.4, 0.5) is 4.79 Å². The van der Waals surface area contributed by atoms with Crippen molar-refractivity contribution in [2.24, 2.45) is 11.8 Å². The number of fused-ring (bicyclic) bond motifs is 1. The Balaban J connectivity index is 1.85. The van der Waals surface area contributed by atoms with Gasteiger partial charge in [0.25, 0.3) is 0 Å². The summed E-state index contributed by atoms with van der Waals surface area (Å²) in [5.74, 6) is -0.0842. The number of piperidine rings is 1. The van der Waals surface area contributed by atoms with Gasteiger partial charge in [0.1, 0.15) is 0 Å². The molecule has 1 unspecified atom stereocenters. The van der Waals surface area contributed by atoms with Gasteiger partial charge in [-0.1, -0.05) is 26.2 Å². The molecule has 1 aliphatic heterocycles. The largest absolute Gasteiger partial charge is 0.481 e. The highest BCUT2D eigenvalue weighted by Crippen LogP contribution is 2.35. The Labute approximate surface area is 127 Å². The summed E-state index contributed by atoms with van der Waals surface area (Å²) in [7, 11) is 0. The molecule has 2 rings (SSSR count). The fourth-order valence-corrected chi connectivity index (χ4v) is 3.82. The van der Waals surface area contributed by atoms with Crippen molar-refractivity contribution in [1.82, 2.24) is 10.2 Å². The van der Waals surface area contributed by atoms with Gasteiger partial charge >= 0.3 is 12.0 Å². The van der Waals surface area contributed by atoms with Crippen LogP contribution < -0.4 is 5.32 Å². The molecule has 1 saturated carbocycles. The lowest BCUT2D eigenvalue weighted by Crippen LogP contribution is -2.53. The quantitative estimate of drug-likeness (QED) is 0.819. The highest BCUT2D eigenvalue weighted by Gasteiger charge is 2.35. The van der Waals surface area contributed by atoms with E-state index in [2.05, 4.69) is 5.32 Å². The van der Waals surface area contributed by atoms with Crippen LogP contribution in [0, 0.1) is 11.8 Å². The zero-order valence-corrected chi connectivity index (χ0v) is 13.0. The second-order valence-corrected chi connectivity index (χ2v) is 6.51. The number of likely N-dealkylation sites (tertiary alicyclic amines) is 1. The predicted octanol–water partition coefficient (Wildman–Crippen LogP) is 2.85. The summed E-state index contributed by atoms with van der Waals surface area (Å²) in [4.78, 5) is 25.2. The molecule has 0 bridgehead atoms. The zero-order chi connectivity index (χ0) is 15.2. The standard InChI is InChI=1S/C16H28N2O3/c1-2-12(10-15(19)20)11-17-16(21)18-9-5-7-13-6-3-4-8-14(13)18/h12-14H,2-11H2,1H3,(H,17,21)(H,19,20)/t12?,13-,14-/m1/s1. The third-order valence-corrected chi connectivity index (χ3v) is 5.09. The second-order valence-electron chi connectivity index (χ2n) is 6.51. The maximum absolute atomic E-state index is 12.4. The van der Waals surface area contributed by atoms with Gasteiger partial charge in [-0.25, -0.2) is 4.79 Å². The minimum atomic E-state index is -0.790. The van der Waals surface area contributed by atoms with Crippen molar-refractivity contribution >= 4 is 12.0 Å². The van der Waals surface area contributed by atoms with E-state index < -0.39 is 5.97 Å². The number of aliphatic carboxylic acids is 1. The van der Waals surface area contributed by atoms with Crippen LogP contribution in [0.15, 0.2) is 0 Å². The lowest BCUT2D eigenvalue weighted by Gasteiger charge is -2.44. The molecule has 5 heteroatoms. The summed E-state index contributed by atoms with van der Waals surface area (Å²) in [6.45, 7) is 3.29. The van der Waals surface area contributed by atoms with Gasteiger partial charge < -0.3 is 15.3 Å². The molecular weight excluding hydrogens is 268 g/mol. The normalized spacial score (nSPS) is 26.8. The number of nitrogens with zero attached hydrogens (tertiary/aromatic N) is 1. The SMILES string of the molecule is CCC(CNC(=O)N1CCC[C@H]2CCCC[C@H]21)CC(=O)O. The maximum atomic E-state index is 12.4. The van der Waals surface area contributed by atoms with Crippen LogP contribution in [0.3, 0.4) is 0 Å². The molecule has 0 radical (unpaired) electrons. The van der Waals surface area contributed by atoms with Gasteiger partial charge in [-0.05, 0) is 37.5 Å². The lowest BCUT2D eigenvalue weighted by molar-refractivity contribution is -0.138. The molecule has 120 valence electrons. The van der Waals surface area contributed by atoms with Gasteiger partial charge in [-0.3, -0.25) is 4.79 Å². The molecule has 0 aromatic rings. The van der Waals surface area contributed by atoms with Gasteiger partial charge in [0.2, 0.25) is 0 Å². The second kappa shape index (κ2) is 7.66. The number of nitrogens with one attached hydrogen (secondary N) is 1. The van der Waals surface area contributed by atoms with E-state index in [1.807, 2.05) is 11.8 Å². The van der Waals surface area contributed by atoms with Crippen molar-refractivity contribution in [3.05, 3.63) is 0 Å². The average molecular weight is 296 g/mol. The molecule has 0 aromatic heterocycles. The molecule has 3 atom stereocenters. The van der Waals surface area contributed by atoms with Crippen molar-refractivity contribution in [3.63, 3.8) is 0 Å². The third-order valence-electron chi connectivity index (χ3n) is 5.09. The van der Waals surface area contributed by atoms with E-state index >= 15 is 0 Å². The Kier molecular flexibility index (Phi) is 5.88. The minimum absolute atomic E-state index is 0.00967. The van der Waals surface area contributed by atoms with E-state index in [0.717, 1.165) is 25.8 Å². The van der Waals surface area contributed by atoms with E-state index in [1.54, 1.807) is 0 Å². The number of hydrogen-bond donors (Lipinski definition) is 2. The molecule has 1 saturated heterocycles. The van der Waals surface area contributed by atoms with Gasteiger partial charge in [0, 0.05) is 25.6 Å².